The van der Waals surface area contributed by atoms with Crippen molar-refractivity contribution in [1.29, 1.82) is 0 Å². The summed E-state index contributed by atoms with van der Waals surface area (Å²) in [6.07, 6.45) is -2.96. The second-order valence-electron chi connectivity index (χ2n) is 14.4. The van der Waals surface area contributed by atoms with Crippen LogP contribution in [0.4, 0.5) is 0 Å². The summed E-state index contributed by atoms with van der Waals surface area (Å²) < 4.78 is 0. The van der Waals surface area contributed by atoms with Crippen molar-refractivity contribution in [2.75, 3.05) is 6.54 Å². The second kappa shape index (κ2) is 24.3. The van der Waals surface area contributed by atoms with Crippen LogP contribution in [-0.2, 0) is 54.4 Å². The van der Waals surface area contributed by atoms with Crippen molar-refractivity contribution >= 4 is 59.2 Å². The van der Waals surface area contributed by atoms with E-state index in [4.69, 9.17) is 17.2 Å². The molecule has 0 aliphatic heterocycles. The predicted molar refractivity (Wildman–Crippen MR) is 203 cm³/mol. The zero-order valence-corrected chi connectivity index (χ0v) is 32.7. The van der Waals surface area contributed by atoms with Crippen LogP contribution in [0.2, 0.25) is 0 Å². The first kappa shape index (κ1) is 49.7. The van der Waals surface area contributed by atoms with Gasteiger partial charge >= 0.3 is 11.9 Å². The van der Waals surface area contributed by atoms with E-state index in [1.165, 1.54) is 24.3 Å². The molecule has 22 nitrogen and oxygen atoms in total. The minimum Gasteiger partial charge on any atom is -0.508 e. The van der Waals surface area contributed by atoms with Crippen LogP contribution in [0.1, 0.15) is 71.8 Å². The van der Waals surface area contributed by atoms with E-state index < -0.39 is 128 Å². The Balaban J connectivity index is 3.34. The SMILES string of the molecule is CC(C)C[C@H](NC(=O)[C@H](CC(C)C)NC(=O)[C@H](CCC(=O)O)NC(=O)[C@H](CC(N)=O)NC(=O)CN)C(=O)N[C@@H](CC(=O)O)C(=O)N[C@@H](Cc1ccc(O)cc1)C(N)=O. The van der Waals surface area contributed by atoms with E-state index in [1.807, 2.05) is 0 Å². The monoisotopic (exact) mass is 821 g/mol. The Kier molecular flexibility index (Phi) is 20.9. The number of phenols is 1. The summed E-state index contributed by atoms with van der Waals surface area (Å²) >= 11 is 0. The maximum absolute atomic E-state index is 13.8. The van der Waals surface area contributed by atoms with Crippen LogP contribution in [0, 0.1) is 11.8 Å². The molecule has 0 aromatic heterocycles. The van der Waals surface area contributed by atoms with Crippen LogP contribution in [0.5, 0.6) is 5.75 Å². The van der Waals surface area contributed by atoms with Crippen LogP contribution < -0.4 is 49.1 Å². The summed E-state index contributed by atoms with van der Waals surface area (Å²) in [7, 11) is 0. The number of rotatable bonds is 26. The summed E-state index contributed by atoms with van der Waals surface area (Å²) in [5.41, 5.74) is 16.4. The number of aromatic hydroxyl groups is 1. The molecule has 0 aliphatic rings. The number of nitrogens with one attached hydrogen (secondary N) is 6. The fraction of sp³-hybridized carbons (Fsp3) is 0.556. The number of hydrogen-bond donors (Lipinski definition) is 12. The van der Waals surface area contributed by atoms with Crippen LogP contribution >= 0.6 is 0 Å². The molecule has 15 N–H and O–H groups in total. The Hall–Kier alpha value is -6.32. The normalized spacial score (nSPS) is 14.1. The second-order valence-corrected chi connectivity index (χ2v) is 14.4. The summed E-state index contributed by atoms with van der Waals surface area (Å²) in [5.74, 6) is -11.3. The Bertz CT molecular complexity index is 1650. The molecule has 8 amide bonds. The van der Waals surface area contributed by atoms with E-state index in [9.17, 15) is 63.3 Å². The molecule has 0 unspecified atom stereocenters. The molecule has 0 radical (unpaired) electrons. The molecule has 1 aromatic carbocycles. The van der Waals surface area contributed by atoms with Gasteiger partial charge in [-0.1, -0.05) is 39.8 Å². The Morgan fingerprint density at radius 2 is 0.983 bits per heavy atom. The van der Waals surface area contributed by atoms with Gasteiger partial charge in [0.2, 0.25) is 47.3 Å². The molecule has 0 heterocycles. The van der Waals surface area contributed by atoms with Crippen LogP contribution in [-0.4, -0.2) is 117 Å². The molecule has 0 fully saturated rings. The fourth-order valence-electron chi connectivity index (χ4n) is 5.44. The molecular weight excluding hydrogens is 766 g/mol. The lowest BCUT2D eigenvalue weighted by molar-refractivity contribution is -0.141. The number of carbonyl (C=O) groups excluding carboxylic acids is 8. The molecule has 1 rings (SSSR count). The number of amides is 8. The summed E-state index contributed by atoms with van der Waals surface area (Å²) in [6, 6.07) is -3.46. The van der Waals surface area contributed by atoms with E-state index >= 15 is 0 Å². The Labute approximate surface area is 334 Å². The van der Waals surface area contributed by atoms with Crippen LogP contribution in [0.3, 0.4) is 0 Å². The van der Waals surface area contributed by atoms with Crippen molar-refractivity contribution in [2.45, 2.75) is 109 Å². The smallest absolute Gasteiger partial charge is 0.305 e. The summed E-state index contributed by atoms with van der Waals surface area (Å²) in [6.45, 7) is 6.27. The quantitative estimate of drug-likeness (QED) is 0.0434. The molecule has 0 bridgehead atoms. The van der Waals surface area contributed by atoms with Gasteiger partial charge in [0.1, 0.15) is 42.0 Å². The topological polar surface area (TPSA) is 382 Å². The molecule has 322 valence electrons. The lowest BCUT2D eigenvalue weighted by Gasteiger charge is -2.28. The molecule has 0 spiro atoms. The first-order valence-electron chi connectivity index (χ1n) is 18.3. The average molecular weight is 822 g/mol. The highest BCUT2D eigenvalue weighted by Crippen LogP contribution is 2.13. The number of hydrogen-bond acceptors (Lipinski definition) is 12. The third kappa shape index (κ3) is 19.0. The van der Waals surface area contributed by atoms with Crippen molar-refractivity contribution < 1.29 is 63.3 Å². The highest BCUT2D eigenvalue weighted by molar-refractivity contribution is 5.98. The Morgan fingerprint density at radius 1 is 0.569 bits per heavy atom. The highest BCUT2D eigenvalue weighted by Gasteiger charge is 2.35. The lowest BCUT2D eigenvalue weighted by Crippen LogP contribution is -2.60. The molecular formula is C36H55N9O13. The maximum atomic E-state index is 13.8. The van der Waals surface area contributed by atoms with Crippen LogP contribution in [0.15, 0.2) is 24.3 Å². The molecule has 58 heavy (non-hydrogen) atoms. The molecule has 0 saturated carbocycles. The van der Waals surface area contributed by atoms with Gasteiger partial charge in [-0.15, -0.1) is 0 Å². The number of phenolic OH excluding ortho intramolecular Hbond substituents is 1. The third-order valence-electron chi connectivity index (χ3n) is 8.25. The minimum absolute atomic E-state index is 0.0381. The molecule has 0 aliphatic carbocycles. The van der Waals surface area contributed by atoms with Gasteiger partial charge < -0.3 is 64.4 Å². The minimum atomic E-state index is -1.75. The number of nitrogens with two attached hydrogens (primary N) is 3. The molecule has 6 atom stereocenters. The number of carbonyl (C=O) groups is 10. The van der Waals surface area contributed by atoms with Crippen molar-refractivity contribution in [2.24, 2.45) is 29.0 Å². The van der Waals surface area contributed by atoms with Gasteiger partial charge in [-0.25, -0.2) is 0 Å². The maximum Gasteiger partial charge on any atom is 0.305 e. The average Bonchev–Trinajstić information content (AvgIpc) is 3.11. The van der Waals surface area contributed by atoms with Gasteiger partial charge in [0.25, 0.3) is 0 Å². The van der Waals surface area contributed by atoms with E-state index in [1.54, 1.807) is 27.7 Å². The lowest BCUT2D eigenvalue weighted by atomic mass is 9.99. The Morgan fingerprint density at radius 3 is 1.40 bits per heavy atom. The largest absolute Gasteiger partial charge is 0.508 e. The molecule has 1 aromatic rings. The van der Waals surface area contributed by atoms with Crippen molar-refractivity contribution in [1.82, 2.24) is 31.9 Å². The van der Waals surface area contributed by atoms with Crippen molar-refractivity contribution in [3.05, 3.63) is 29.8 Å². The van der Waals surface area contributed by atoms with Crippen molar-refractivity contribution in [3.63, 3.8) is 0 Å². The predicted octanol–water partition coefficient (Wildman–Crippen LogP) is -3.41. The van der Waals surface area contributed by atoms with E-state index in [-0.39, 0.29) is 36.8 Å². The zero-order chi connectivity index (χ0) is 44.3. The molecule has 0 saturated heterocycles. The van der Waals surface area contributed by atoms with E-state index in [0.717, 1.165) is 0 Å². The molecule has 22 heteroatoms. The third-order valence-corrected chi connectivity index (χ3v) is 8.25. The standard InChI is InChI=1S/C36H55N9O13/c1-17(2)11-23(43-32(54)21(9-10-29(49)50)41-35(57)25(14-27(38)47)40-28(48)16-37)33(55)44-24(12-18(3)4)34(56)45-26(15-30(51)52)36(58)42-22(31(39)53)13-19-5-7-20(46)8-6-19/h5-8,17-18,21-26,46H,9-16,37H2,1-4H3,(H2,38,47)(H2,39,53)(H,40,48)(H,41,57)(H,42,58)(H,43,54)(H,44,55)(H,45,56)(H,49,50)(H,51,52)/t21-,22-,23-,24-,25-,26-/m0/s1. The van der Waals surface area contributed by atoms with Crippen molar-refractivity contribution in [3.8, 4) is 5.75 Å². The highest BCUT2D eigenvalue weighted by atomic mass is 16.4. The van der Waals surface area contributed by atoms with E-state index in [2.05, 4.69) is 31.9 Å². The van der Waals surface area contributed by atoms with Gasteiger partial charge in [-0.05, 0) is 48.8 Å². The van der Waals surface area contributed by atoms with Gasteiger partial charge in [0.15, 0.2) is 0 Å². The van der Waals surface area contributed by atoms with Crippen LogP contribution in [0.25, 0.3) is 0 Å². The summed E-state index contributed by atoms with van der Waals surface area (Å²) in [4.78, 5) is 126. The van der Waals surface area contributed by atoms with Gasteiger partial charge in [0.05, 0.1) is 19.4 Å². The van der Waals surface area contributed by atoms with E-state index in [0.29, 0.717) is 5.56 Å². The van der Waals surface area contributed by atoms with Gasteiger partial charge in [-0.2, -0.15) is 0 Å². The number of aliphatic carboxylic acids is 2. The zero-order valence-electron chi connectivity index (χ0n) is 32.7. The number of carboxylic acids is 2. The number of primary amides is 2. The number of carboxylic acid groups (broad SMARTS) is 2. The first-order valence-corrected chi connectivity index (χ1v) is 18.3. The fourth-order valence-corrected chi connectivity index (χ4v) is 5.44. The van der Waals surface area contributed by atoms with Gasteiger partial charge in [0, 0.05) is 12.8 Å². The number of benzene rings is 1. The first-order chi connectivity index (χ1) is 27.0. The van der Waals surface area contributed by atoms with Gasteiger partial charge in [-0.3, -0.25) is 47.9 Å². The summed E-state index contributed by atoms with van der Waals surface area (Å²) in [5, 5.41) is 42.5.